The second kappa shape index (κ2) is 8.27. The summed E-state index contributed by atoms with van der Waals surface area (Å²) in [6.07, 6.45) is 0.695. The topological polar surface area (TPSA) is 67.6 Å². The van der Waals surface area contributed by atoms with E-state index >= 15 is 0 Å². The average molecular weight is 305 g/mol. The van der Waals surface area contributed by atoms with Crippen LogP contribution in [0.25, 0.3) is 0 Å². The van der Waals surface area contributed by atoms with Crippen molar-refractivity contribution in [2.75, 3.05) is 31.6 Å². The Kier molecular flexibility index (Phi) is 6.36. The van der Waals surface area contributed by atoms with Gasteiger partial charge in [-0.2, -0.15) is 0 Å². The van der Waals surface area contributed by atoms with Crippen LogP contribution in [0, 0.1) is 5.92 Å². The molecule has 0 radical (unpaired) electrons. The Balaban J connectivity index is 1.84. The molecule has 1 fully saturated rings. The fraction of sp³-hybridized carbons (Fsp3) is 0.588. The normalized spacial score (nSPS) is 17.5. The molecule has 0 spiro atoms. The molecule has 1 aliphatic rings. The number of amides is 1. The van der Waals surface area contributed by atoms with E-state index in [1.165, 1.54) is 5.56 Å². The van der Waals surface area contributed by atoms with E-state index < -0.39 is 6.04 Å². The Bertz CT molecular complexity index is 467. The van der Waals surface area contributed by atoms with Gasteiger partial charge in [0.2, 0.25) is 5.91 Å². The molecule has 122 valence electrons. The van der Waals surface area contributed by atoms with Crippen molar-refractivity contribution in [2.24, 2.45) is 11.7 Å². The van der Waals surface area contributed by atoms with Crippen molar-refractivity contribution in [3.8, 4) is 0 Å². The maximum absolute atomic E-state index is 12.0. The molecule has 5 nitrogen and oxygen atoms in total. The van der Waals surface area contributed by atoms with E-state index in [2.05, 4.69) is 36.2 Å². The lowest BCUT2D eigenvalue weighted by molar-refractivity contribution is -0.117. The highest BCUT2D eigenvalue weighted by molar-refractivity contribution is 5.94. The molecule has 0 saturated carbocycles. The molecule has 0 aromatic heterocycles. The zero-order valence-corrected chi connectivity index (χ0v) is 13.5. The van der Waals surface area contributed by atoms with Crippen molar-refractivity contribution in [1.29, 1.82) is 0 Å². The second-order valence-electron chi connectivity index (χ2n) is 6.31. The van der Waals surface area contributed by atoms with Crippen LogP contribution >= 0.6 is 0 Å². The first-order valence-corrected chi connectivity index (χ1v) is 8.00. The zero-order chi connectivity index (χ0) is 15.9. The first-order chi connectivity index (χ1) is 10.5. The Morgan fingerprint density at radius 2 is 1.91 bits per heavy atom. The van der Waals surface area contributed by atoms with Crippen LogP contribution in [0.3, 0.4) is 0 Å². The second-order valence-corrected chi connectivity index (χ2v) is 6.31. The predicted octanol–water partition coefficient (Wildman–Crippen LogP) is 1.83. The average Bonchev–Trinajstić information content (AvgIpc) is 2.49. The maximum Gasteiger partial charge on any atom is 0.241 e. The van der Waals surface area contributed by atoms with Gasteiger partial charge in [-0.3, -0.25) is 9.69 Å². The van der Waals surface area contributed by atoms with Crippen LogP contribution in [0.15, 0.2) is 24.3 Å². The van der Waals surface area contributed by atoms with Crippen molar-refractivity contribution >= 4 is 11.6 Å². The van der Waals surface area contributed by atoms with Gasteiger partial charge in [0, 0.05) is 25.3 Å². The maximum atomic E-state index is 12.0. The van der Waals surface area contributed by atoms with Gasteiger partial charge in [-0.1, -0.05) is 26.0 Å². The molecule has 0 aliphatic carbocycles. The van der Waals surface area contributed by atoms with Crippen molar-refractivity contribution in [3.05, 3.63) is 29.8 Å². The lowest BCUT2D eigenvalue weighted by Gasteiger charge is -2.26. The van der Waals surface area contributed by atoms with Crippen LogP contribution in [-0.2, 0) is 16.1 Å². The smallest absolute Gasteiger partial charge is 0.241 e. The number of nitrogens with zero attached hydrogens (tertiary/aromatic N) is 1. The van der Waals surface area contributed by atoms with Crippen molar-refractivity contribution in [2.45, 2.75) is 32.9 Å². The summed E-state index contributed by atoms with van der Waals surface area (Å²) in [6.45, 7) is 8.61. The molecular formula is C17H27N3O2. The molecule has 0 unspecified atom stereocenters. The molecule has 1 aliphatic heterocycles. The number of ether oxygens (including phenoxy) is 1. The van der Waals surface area contributed by atoms with Gasteiger partial charge >= 0.3 is 0 Å². The van der Waals surface area contributed by atoms with Gasteiger partial charge in [0.1, 0.15) is 0 Å². The summed E-state index contributed by atoms with van der Waals surface area (Å²) < 4.78 is 5.35. The summed E-state index contributed by atoms with van der Waals surface area (Å²) in [5, 5.41) is 2.88. The van der Waals surface area contributed by atoms with Gasteiger partial charge < -0.3 is 15.8 Å². The van der Waals surface area contributed by atoms with E-state index in [4.69, 9.17) is 10.5 Å². The predicted molar refractivity (Wildman–Crippen MR) is 88.6 cm³/mol. The first kappa shape index (κ1) is 16.9. The van der Waals surface area contributed by atoms with E-state index in [0.29, 0.717) is 12.3 Å². The van der Waals surface area contributed by atoms with Crippen molar-refractivity contribution in [1.82, 2.24) is 4.90 Å². The summed E-state index contributed by atoms with van der Waals surface area (Å²) in [5.41, 5.74) is 7.93. The number of rotatable bonds is 6. The summed E-state index contributed by atoms with van der Waals surface area (Å²) in [5.74, 6) is 0.297. The van der Waals surface area contributed by atoms with Gasteiger partial charge in [-0.25, -0.2) is 0 Å². The quantitative estimate of drug-likeness (QED) is 0.841. The number of hydrogen-bond acceptors (Lipinski definition) is 4. The van der Waals surface area contributed by atoms with Gasteiger partial charge in [0.05, 0.1) is 19.3 Å². The SMILES string of the molecule is CC(C)C[C@H](N)C(=O)Nc1ccc(CN2CCOCC2)cc1. The third kappa shape index (κ3) is 5.40. The molecule has 5 heteroatoms. The van der Waals surface area contributed by atoms with Crippen LogP contribution in [-0.4, -0.2) is 43.2 Å². The number of hydrogen-bond donors (Lipinski definition) is 2. The fourth-order valence-corrected chi connectivity index (χ4v) is 2.56. The molecule has 1 amide bonds. The molecule has 1 atom stereocenters. The molecule has 3 N–H and O–H groups in total. The van der Waals surface area contributed by atoms with Crippen LogP contribution in [0.5, 0.6) is 0 Å². The Morgan fingerprint density at radius 3 is 2.50 bits per heavy atom. The van der Waals surface area contributed by atoms with Gasteiger partial charge in [-0.15, -0.1) is 0 Å². The largest absolute Gasteiger partial charge is 0.379 e. The summed E-state index contributed by atoms with van der Waals surface area (Å²) in [6, 6.07) is 7.54. The Morgan fingerprint density at radius 1 is 1.27 bits per heavy atom. The van der Waals surface area contributed by atoms with Gasteiger partial charge in [0.15, 0.2) is 0 Å². The third-order valence-electron chi connectivity index (χ3n) is 3.79. The molecule has 0 bridgehead atoms. The van der Waals surface area contributed by atoms with Crippen LogP contribution in [0.2, 0.25) is 0 Å². The number of nitrogens with two attached hydrogens (primary N) is 1. The van der Waals surface area contributed by atoms with Crippen LogP contribution < -0.4 is 11.1 Å². The molecule has 1 heterocycles. The number of nitrogens with one attached hydrogen (secondary N) is 1. The van der Waals surface area contributed by atoms with Crippen LogP contribution in [0.4, 0.5) is 5.69 Å². The Labute approximate surface area is 132 Å². The lowest BCUT2D eigenvalue weighted by atomic mass is 10.0. The number of benzene rings is 1. The third-order valence-corrected chi connectivity index (χ3v) is 3.79. The summed E-state index contributed by atoms with van der Waals surface area (Å²) in [4.78, 5) is 14.4. The minimum atomic E-state index is -0.451. The highest BCUT2D eigenvalue weighted by atomic mass is 16.5. The van der Waals surface area contributed by atoms with Crippen LogP contribution in [0.1, 0.15) is 25.8 Å². The number of morpholine rings is 1. The molecule has 2 rings (SSSR count). The Hall–Kier alpha value is -1.43. The minimum Gasteiger partial charge on any atom is -0.379 e. The number of anilines is 1. The monoisotopic (exact) mass is 305 g/mol. The molecular weight excluding hydrogens is 278 g/mol. The van der Waals surface area contributed by atoms with E-state index in [1.54, 1.807) is 0 Å². The zero-order valence-electron chi connectivity index (χ0n) is 13.5. The number of carbonyl (C=O) groups excluding carboxylic acids is 1. The summed E-state index contributed by atoms with van der Waals surface area (Å²) >= 11 is 0. The van der Waals surface area contributed by atoms with Gasteiger partial charge in [-0.05, 0) is 30.0 Å². The summed E-state index contributed by atoms with van der Waals surface area (Å²) in [7, 11) is 0. The highest BCUT2D eigenvalue weighted by Crippen LogP contribution is 2.13. The van der Waals surface area contributed by atoms with Crippen molar-refractivity contribution in [3.63, 3.8) is 0 Å². The molecule has 22 heavy (non-hydrogen) atoms. The van der Waals surface area contributed by atoms with E-state index in [-0.39, 0.29) is 5.91 Å². The van der Waals surface area contributed by atoms with E-state index in [0.717, 1.165) is 38.5 Å². The first-order valence-electron chi connectivity index (χ1n) is 8.00. The fourth-order valence-electron chi connectivity index (χ4n) is 2.56. The highest BCUT2D eigenvalue weighted by Gasteiger charge is 2.15. The standard InChI is InChI=1S/C17H27N3O2/c1-13(2)11-16(18)17(21)19-15-5-3-14(4-6-15)12-20-7-9-22-10-8-20/h3-6,13,16H,7-12,18H2,1-2H3,(H,19,21)/t16-/m0/s1. The molecule has 1 saturated heterocycles. The van der Waals surface area contributed by atoms with Crippen molar-refractivity contribution < 1.29 is 9.53 Å². The lowest BCUT2D eigenvalue weighted by Crippen LogP contribution is -2.36. The number of carbonyl (C=O) groups is 1. The molecule has 1 aromatic rings. The van der Waals surface area contributed by atoms with E-state index in [9.17, 15) is 4.79 Å². The molecule has 1 aromatic carbocycles. The minimum absolute atomic E-state index is 0.116. The van der Waals surface area contributed by atoms with Gasteiger partial charge in [0.25, 0.3) is 0 Å². The van der Waals surface area contributed by atoms with E-state index in [1.807, 2.05) is 12.1 Å².